The molecule has 8 rings (SSSR count). The number of hydrogen-bond acceptors (Lipinski definition) is 11. The van der Waals surface area contributed by atoms with Crippen LogP contribution in [-0.4, -0.2) is 106 Å². The number of H-pyrrole nitrogens is 2. The summed E-state index contributed by atoms with van der Waals surface area (Å²) in [7, 11) is 2.57. The van der Waals surface area contributed by atoms with Crippen LogP contribution >= 0.6 is 0 Å². The van der Waals surface area contributed by atoms with Gasteiger partial charge in [-0.05, 0) is 61.8 Å². The molecule has 0 spiro atoms. The molecule has 4 N–H and O–H groups in total. The Bertz CT molecular complexity index is 2250. The standard InChI is InChI=1S/C42H51N9O8/c1-22(2)33(47-41(54)56-5)39(52)50-15-7-9-29(50)37-43-20-26(45-37)24-11-13-28-32(19-24)59-31-14-12-25(36-35(31)49(28)17-18-58-36)27-21-44-38(46-27)30-10-8-16-51(30)40(53)34(23(3)4)48-42(55)57-6/h11-14,19-23,29-30,33-34H,7-10,15-18H2,1-6H3,(H,43,45)(H,44,46)(H,47,54)(H,48,55)/t29-,30-,33-,34-/m0/s1. The molecule has 2 aromatic heterocycles. The minimum atomic E-state index is -0.722. The number of aromatic amines is 2. The molecular weight excluding hydrogens is 759 g/mol. The normalized spacial score (nSPS) is 19.1. The number of alkyl carbamates (subject to hydrolysis) is 2. The third-order valence-electron chi connectivity index (χ3n) is 11.7. The van der Waals surface area contributed by atoms with Crippen molar-refractivity contribution >= 4 is 35.4 Å². The molecule has 0 bridgehead atoms. The van der Waals surface area contributed by atoms with Crippen LogP contribution in [0.5, 0.6) is 17.2 Å². The highest BCUT2D eigenvalue weighted by atomic mass is 16.5. The molecule has 2 fully saturated rings. The van der Waals surface area contributed by atoms with Crippen LogP contribution < -0.4 is 25.0 Å². The van der Waals surface area contributed by atoms with E-state index in [2.05, 4.69) is 25.5 Å². The van der Waals surface area contributed by atoms with Crippen molar-refractivity contribution < 1.29 is 38.1 Å². The first kappa shape index (κ1) is 39.6. The molecule has 4 atom stereocenters. The summed E-state index contributed by atoms with van der Waals surface area (Å²) in [5.41, 5.74) is 4.98. The maximum absolute atomic E-state index is 13.7. The first-order chi connectivity index (χ1) is 28.5. The molecule has 17 heteroatoms. The second-order valence-corrected chi connectivity index (χ2v) is 16.0. The van der Waals surface area contributed by atoms with E-state index in [9.17, 15) is 19.2 Å². The number of nitrogens with zero attached hydrogens (tertiary/aromatic N) is 5. The molecule has 6 heterocycles. The number of imidazole rings is 2. The number of rotatable bonds is 10. The number of likely N-dealkylation sites (tertiary alicyclic amines) is 2. The Hall–Kier alpha value is -6.26. The largest absolute Gasteiger partial charge is 0.489 e. The number of fused-ring (bicyclic) bond motifs is 2. The number of nitrogens with one attached hydrogen (secondary N) is 4. The zero-order chi connectivity index (χ0) is 41.5. The summed E-state index contributed by atoms with van der Waals surface area (Å²) < 4.78 is 22.5. The molecular formula is C42H51N9O8. The molecule has 0 radical (unpaired) electrons. The predicted octanol–water partition coefficient (Wildman–Crippen LogP) is 6.19. The Kier molecular flexibility index (Phi) is 10.8. The molecule has 4 aliphatic rings. The summed E-state index contributed by atoms with van der Waals surface area (Å²) >= 11 is 0. The predicted molar refractivity (Wildman–Crippen MR) is 216 cm³/mol. The number of benzene rings is 2. The Labute approximate surface area is 342 Å². The van der Waals surface area contributed by atoms with Crippen molar-refractivity contribution in [1.82, 2.24) is 40.4 Å². The van der Waals surface area contributed by atoms with Gasteiger partial charge in [0.05, 0.1) is 62.3 Å². The monoisotopic (exact) mass is 809 g/mol. The van der Waals surface area contributed by atoms with Gasteiger partial charge in [0.15, 0.2) is 17.2 Å². The first-order valence-corrected chi connectivity index (χ1v) is 20.3. The van der Waals surface area contributed by atoms with E-state index in [0.717, 1.165) is 59.6 Å². The fourth-order valence-corrected chi connectivity index (χ4v) is 8.63. The second-order valence-electron chi connectivity index (χ2n) is 16.0. The summed E-state index contributed by atoms with van der Waals surface area (Å²) in [6.45, 7) is 9.77. The van der Waals surface area contributed by atoms with Crippen LogP contribution in [0.2, 0.25) is 0 Å². The van der Waals surface area contributed by atoms with Crippen LogP contribution in [0.15, 0.2) is 42.7 Å². The number of carbonyl (C=O) groups excluding carboxylic acids is 4. The molecule has 4 aliphatic heterocycles. The van der Waals surface area contributed by atoms with Crippen molar-refractivity contribution in [3.63, 3.8) is 0 Å². The molecule has 4 amide bonds. The Morgan fingerprint density at radius 3 is 1.92 bits per heavy atom. The van der Waals surface area contributed by atoms with E-state index >= 15 is 0 Å². The highest BCUT2D eigenvalue weighted by molar-refractivity contribution is 5.90. The van der Waals surface area contributed by atoms with Gasteiger partial charge in [-0.1, -0.05) is 33.8 Å². The van der Waals surface area contributed by atoms with Crippen LogP contribution in [0, 0.1) is 11.8 Å². The quantitative estimate of drug-likeness (QED) is 0.143. The molecule has 0 aliphatic carbocycles. The Balaban J connectivity index is 1.01. The highest BCUT2D eigenvalue weighted by Crippen LogP contribution is 2.55. The maximum atomic E-state index is 13.7. The SMILES string of the molecule is COC(=O)N[C@H](C(=O)N1CCC[C@H]1c1ncc(-c2ccc3c(c2)Oc2ccc(-c4cnc([C@@H]5CCCN5C(=O)[C@@H](NC(=O)OC)C(C)C)[nH]4)c4c2N3CCO4)[nH]1)C(C)C. The van der Waals surface area contributed by atoms with Crippen molar-refractivity contribution in [2.45, 2.75) is 77.5 Å². The summed E-state index contributed by atoms with van der Waals surface area (Å²) in [5.74, 6) is 2.79. The average molecular weight is 810 g/mol. The average Bonchev–Trinajstić information content (AvgIpc) is 4.08. The highest BCUT2D eigenvalue weighted by Gasteiger charge is 2.40. The number of aromatic nitrogens is 4. The molecule has 17 nitrogen and oxygen atoms in total. The minimum Gasteiger partial charge on any atom is -0.489 e. The molecule has 312 valence electrons. The van der Waals surface area contributed by atoms with E-state index in [1.165, 1.54) is 14.2 Å². The van der Waals surface area contributed by atoms with Gasteiger partial charge < -0.3 is 54.2 Å². The van der Waals surface area contributed by atoms with Crippen molar-refractivity contribution in [3.8, 4) is 39.8 Å². The van der Waals surface area contributed by atoms with Crippen LogP contribution in [-0.2, 0) is 19.1 Å². The zero-order valence-electron chi connectivity index (χ0n) is 34.2. The Morgan fingerprint density at radius 2 is 1.34 bits per heavy atom. The summed E-state index contributed by atoms with van der Waals surface area (Å²) in [5, 5.41) is 5.40. The summed E-state index contributed by atoms with van der Waals surface area (Å²) in [4.78, 5) is 73.7. The van der Waals surface area contributed by atoms with Gasteiger partial charge >= 0.3 is 12.2 Å². The topological polar surface area (TPSA) is 196 Å². The van der Waals surface area contributed by atoms with Gasteiger partial charge in [-0.15, -0.1) is 0 Å². The maximum Gasteiger partial charge on any atom is 0.407 e. The van der Waals surface area contributed by atoms with Crippen molar-refractivity contribution in [2.24, 2.45) is 11.8 Å². The van der Waals surface area contributed by atoms with Gasteiger partial charge in [-0.3, -0.25) is 9.59 Å². The van der Waals surface area contributed by atoms with E-state index in [-0.39, 0.29) is 35.7 Å². The van der Waals surface area contributed by atoms with Gasteiger partial charge in [0.1, 0.15) is 36.0 Å². The molecule has 2 aromatic carbocycles. The number of anilines is 2. The van der Waals surface area contributed by atoms with E-state index in [4.69, 9.17) is 28.9 Å². The van der Waals surface area contributed by atoms with E-state index in [1.807, 2.05) is 58.0 Å². The lowest BCUT2D eigenvalue weighted by molar-refractivity contribution is -0.136. The van der Waals surface area contributed by atoms with E-state index in [1.54, 1.807) is 22.2 Å². The van der Waals surface area contributed by atoms with E-state index in [0.29, 0.717) is 55.1 Å². The van der Waals surface area contributed by atoms with E-state index < -0.39 is 24.3 Å². The summed E-state index contributed by atoms with van der Waals surface area (Å²) in [6.07, 6.45) is 5.40. The van der Waals surface area contributed by atoms with Crippen LogP contribution in [0.1, 0.15) is 77.1 Å². The lowest BCUT2D eigenvalue weighted by Gasteiger charge is -2.37. The van der Waals surface area contributed by atoms with Gasteiger partial charge in [-0.2, -0.15) is 0 Å². The van der Waals surface area contributed by atoms with Crippen LogP contribution in [0.25, 0.3) is 22.5 Å². The summed E-state index contributed by atoms with van der Waals surface area (Å²) in [6, 6.07) is 7.98. The number of hydrogen-bond donors (Lipinski definition) is 4. The third kappa shape index (κ3) is 7.38. The third-order valence-corrected chi connectivity index (χ3v) is 11.7. The number of methoxy groups -OCH3 is 2. The van der Waals surface area contributed by atoms with Gasteiger partial charge in [0.2, 0.25) is 11.8 Å². The van der Waals surface area contributed by atoms with Gasteiger partial charge in [0.25, 0.3) is 0 Å². The fourth-order valence-electron chi connectivity index (χ4n) is 8.63. The first-order valence-electron chi connectivity index (χ1n) is 20.3. The fraction of sp³-hybridized carbons (Fsp3) is 0.476. The lowest BCUT2D eigenvalue weighted by atomic mass is 10.0. The molecule has 4 aromatic rings. The van der Waals surface area contributed by atoms with Crippen molar-refractivity contribution in [1.29, 1.82) is 0 Å². The van der Waals surface area contributed by atoms with Crippen LogP contribution in [0.3, 0.4) is 0 Å². The second kappa shape index (κ2) is 16.2. The van der Waals surface area contributed by atoms with Gasteiger partial charge in [0, 0.05) is 24.2 Å². The molecule has 59 heavy (non-hydrogen) atoms. The number of amides is 4. The minimum absolute atomic E-state index is 0.127. The van der Waals surface area contributed by atoms with Crippen LogP contribution in [0.4, 0.5) is 21.0 Å². The molecule has 0 saturated carbocycles. The zero-order valence-corrected chi connectivity index (χ0v) is 34.2. The molecule has 0 unspecified atom stereocenters. The number of carbonyl (C=O) groups is 4. The van der Waals surface area contributed by atoms with Crippen molar-refractivity contribution in [2.75, 3.05) is 45.4 Å². The smallest absolute Gasteiger partial charge is 0.407 e. The Morgan fingerprint density at radius 1 is 0.763 bits per heavy atom. The molecule has 2 saturated heterocycles. The van der Waals surface area contributed by atoms with Gasteiger partial charge in [-0.25, -0.2) is 19.6 Å². The lowest BCUT2D eigenvalue weighted by Crippen LogP contribution is -2.51. The van der Waals surface area contributed by atoms with Crippen molar-refractivity contribution in [3.05, 3.63) is 54.4 Å². The number of ether oxygens (including phenoxy) is 4.